The molecule has 1 aliphatic carbocycles. The van der Waals surface area contributed by atoms with Crippen molar-refractivity contribution in [3.63, 3.8) is 0 Å². The van der Waals surface area contributed by atoms with Crippen LogP contribution in [0, 0.1) is 5.92 Å². The van der Waals surface area contributed by atoms with E-state index in [2.05, 4.69) is 20.2 Å². The van der Waals surface area contributed by atoms with Crippen LogP contribution in [-0.4, -0.2) is 58.9 Å². The van der Waals surface area contributed by atoms with Crippen LogP contribution >= 0.6 is 0 Å². The van der Waals surface area contributed by atoms with Crippen molar-refractivity contribution in [2.75, 3.05) is 19.6 Å². The summed E-state index contributed by atoms with van der Waals surface area (Å²) >= 11 is 0. The fraction of sp³-hybridized carbons (Fsp3) is 0.600. The van der Waals surface area contributed by atoms with Crippen molar-refractivity contribution in [1.29, 1.82) is 0 Å². The van der Waals surface area contributed by atoms with Crippen molar-refractivity contribution < 1.29 is 9.59 Å². The predicted octanol–water partition coefficient (Wildman–Crippen LogP) is 1.40. The van der Waals surface area contributed by atoms with Crippen LogP contribution in [0.2, 0.25) is 0 Å². The number of piperidine rings is 2. The van der Waals surface area contributed by atoms with E-state index in [-0.39, 0.29) is 5.78 Å². The standard InChI is InChI=1S/C20H26N4O2/c25-19-17(18(20(19)26)23-13-15-7-1-3-9-21-15)22-12-14-6-5-11-24-10-4-2-8-16(14)24/h1,3,7,9,14,16-17,22H,2,4-6,8,10-13H2/t14-,16-,17+/m1/s1. The second-order valence-corrected chi connectivity index (χ2v) is 7.56. The second-order valence-electron chi connectivity index (χ2n) is 7.56. The Morgan fingerprint density at radius 3 is 2.88 bits per heavy atom. The molecule has 0 amide bonds. The Bertz CT molecular complexity index is 701. The quantitative estimate of drug-likeness (QED) is 0.809. The summed E-state index contributed by atoms with van der Waals surface area (Å²) < 4.78 is 0. The highest BCUT2D eigenvalue weighted by Gasteiger charge is 2.46. The average molecular weight is 354 g/mol. The van der Waals surface area contributed by atoms with Gasteiger partial charge in [0.25, 0.3) is 0 Å². The highest BCUT2D eigenvalue weighted by atomic mass is 16.2. The van der Waals surface area contributed by atoms with E-state index in [1.54, 1.807) is 6.20 Å². The molecule has 0 bridgehead atoms. The molecule has 3 atom stereocenters. The van der Waals surface area contributed by atoms with Gasteiger partial charge in [-0.25, -0.2) is 0 Å². The topological polar surface area (TPSA) is 74.7 Å². The van der Waals surface area contributed by atoms with Gasteiger partial charge in [0.1, 0.15) is 11.8 Å². The Kier molecular flexibility index (Phi) is 5.22. The molecule has 26 heavy (non-hydrogen) atoms. The van der Waals surface area contributed by atoms with Crippen molar-refractivity contribution in [1.82, 2.24) is 15.2 Å². The lowest BCUT2D eigenvalue weighted by Crippen LogP contribution is -2.63. The molecule has 0 aromatic carbocycles. The van der Waals surface area contributed by atoms with E-state index in [0.29, 0.717) is 24.2 Å². The minimum Gasteiger partial charge on any atom is -0.302 e. The third kappa shape index (κ3) is 3.48. The van der Waals surface area contributed by atoms with E-state index >= 15 is 0 Å². The second kappa shape index (κ2) is 7.76. The fourth-order valence-corrected chi connectivity index (χ4v) is 4.53. The van der Waals surface area contributed by atoms with Gasteiger partial charge in [0, 0.05) is 18.8 Å². The number of aliphatic imine (C=N–C) groups is 1. The number of hydrogen-bond acceptors (Lipinski definition) is 6. The van der Waals surface area contributed by atoms with Crippen LogP contribution < -0.4 is 5.32 Å². The summed E-state index contributed by atoms with van der Waals surface area (Å²) in [5.74, 6) is -0.230. The van der Waals surface area contributed by atoms with Gasteiger partial charge in [0.2, 0.25) is 11.6 Å². The first kappa shape index (κ1) is 17.5. The maximum atomic E-state index is 12.0. The molecular weight excluding hydrogens is 328 g/mol. The monoisotopic (exact) mass is 354 g/mol. The van der Waals surface area contributed by atoms with Gasteiger partial charge in [-0.15, -0.1) is 0 Å². The highest BCUT2D eigenvalue weighted by molar-refractivity contribution is 6.80. The number of fused-ring (bicyclic) bond motifs is 1. The van der Waals surface area contributed by atoms with E-state index < -0.39 is 11.8 Å². The van der Waals surface area contributed by atoms with Crippen LogP contribution in [0.25, 0.3) is 0 Å². The van der Waals surface area contributed by atoms with Gasteiger partial charge in [-0.3, -0.25) is 19.6 Å². The molecule has 6 nitrogen and oxygen atoms in total. The summed E-state index contributed by atoms with van der Waals surface area (Å²) in [4.78, 5) is 35.1. The molecule has 1 aromatic heterocycles. The van der Waals surface area contributed by atoms with Gasteiger partial charge in [-0.1, -0.05) is 12.5 Å². The lowest BCUT2D eigenvalue weighted by Gasteiger charge is -2.45. The SMILES string of the molecule is O=C1C(=O)[C@@H](NC[C@H]2CCCN3CCCC[C@H]23)C1=NCc1ccccn1. The maximum Gasteiger partial charge on any atom is 0.246 e. The molecule has 138 valence electrons. The van der Waals surface area contributed by atoms with Crippen molar-refractivity contribution in [3.05, 3.63) is 30.1 Å². The molecule has 1 N–H and O–H groups in total. The molecule has 6 heteroatoms. The molecule has 3 fully saturated rings. The van der Waals surface area contributed by atoms with Crippen molar-refractivity contribution in [3.8, 4) is 0 Å². The van der Waals surface area contributed by atoms with E-state index in [1.165, 1.54) is 45.2 Å². The third-order valence-electron chi connectivity index (χ3n) is 5.94. The van der Waals surface area contributed by atoms with Crippen LogP contribution in [0.5, 0.6) is 0 Å². The number of pyridine rings is 1. The first-order chi connectivity index (χ1) is 12.7. The first-order valence-corrected chi connectivity index (χ1v) is 9.74. The third-order valence-corrected chi connectivity index (χ3v) is 5.94. The van der Waals surface area contributed by atoms with Crippen LogP contribution in [-0.2, 0) is 16.1 Å². The number of nitrogens with zero attached hydrogens (tertiary/aromatic N) is 3. The largest absolute Gasteiger partial charge is 0.302 e. The van der Waals surface area contributed by atoms with E-state index in [4.69, 9.17) is 0 Å². The molecule has 0 radical (unpaired) electrons. The van der Waals surface area contributed by atoms with Gasteiger partial charge in [-0.05, 0) is 56.8 Å². The van der Waals surface area contributed by atoms with Crippen LogP contribution in [0.4, 0.5) is 0 Å². The fourth-order valence-electron chi connectivity index (χ4n) is 4.53. The summed E-state index contributed by atoms with van der Waals surface area (Å²) in [6, 6.07) is 5.72. The molecular formula is C20H26N4O2. The van der Waals surface area contributed by atoms with Crippen LogP contribution in [0.15, 0.2) is 29.4 Å². The van der Waals surface area contributed by atoms with Gasteiger partial charge >= 0.3 is 0 Å². The number of hydrogen-bond donors (Lipinski definition) is 1. The van der Waals surface area contributed by atoms with Crippen molar-refractivity contribution in [2.45, 2.75) is 50.7 Å². The molecule has 1 aromatic rings. The Morgan fingerprint density at radius 1 is 1.15 bits per heavy atom. The number of carbonyl (C=O) groups is 2. The Balaban J connectivity index is 1.37. The van der Waals surface area contributed by atoms with Gasteiger partial charge in [0.15, 0.2) is 0 Å². The molecule has 0 spiro atoms. The first-order valence-electron chi connectivity index (χ1n) is 9.74. The molecule has 2 aliphatic heterocycles. The van der Waals surface area contributed by atoms with Crippen molar-refractivity contribution >= 4 is 17.3 Å². The number of nitrogens with one attached hydrogen (secondary N) is 1. The number of aromatic nitrogens is 1. The summed E-state index contributed by atoms with van der Waals surface area (Å²) in [5, 5.41) is 3.34. The number of rotatable bonds is 5. The van der Waals surface area contributed by atoms with Gasteiger partial charge < -0.3 is 10.2 Å². The molecule has 3 aliphatic rings. The lowest BCUT2D eigenvalue weighted by molar-refractivity contribution is -0.136. The molecule has 2 saturated heterocycles. The maximum absolute atomic E-state index is 12.0. The van der Waals surface area contributed by atoms with Crippen LogP contribution in [0.3, 0.4) is 0 Å². The summed E-state index contributed by atoms with van der Waals surface area (Å²) in [5.41, 5.74) is 1.17. The Labute approximate surface area is 154 Å². The van der Waals surface area contributed by atoms with Crippen LogP contribution in [0.1, 0.15) is 37.8 Å². The van der Waals surface area contributed by atoms with E-state index in [0.717, 1.165) is 12.2 Å². The highest BCUT2D eigenvalue weighted by Crippen LogP contribution is 2.30. The minimum atomic E-state index is -0.523. The number of carbonyl (C=O) groups excluding carboxylic acids is 2. The van der Waals surface area contributed by atoms with Crippen molar-refractivity contribution in [2.24, 2.45) is 10.9 Å². The molecule has 3 heterocycles. The number of ketones is 2. The summed E-state index contributed by atoms with van der Waals surface area (Å²) in [6.07, 6.45) is 7.98. The zero-order valence-corrected chi connectivity index (χ0v) is 15.1. The summed E-state index contributed by atoms with van der Waals surface area (Å²) in [6.45, 7) is 3.54. The molecule has 0 unspecified atom stereocenters. The zero-order chi connectivity index (χ0) is 17.9. The van der Waals surface area contributed by atoms with E-state index in [9.17, 15) is 9.59 Å². The Hall–Kier alpha value is -1.92. The van der Waals surface area contributed by atoms with Gasteiger partial charge in [0.05, 0.1) is 12.2 Å². The minimum absolute atomic E-state index is 0.340. The van der Waals surface area contributed by atoms with E-state index in [1.807, 2.05) is 18.2 Å². The molecule has 1 saturated carbocycles. The molecule has 4 rings (SSSR count). The number of Topliss-reactive ketones (excluding diaryl/α,β-unsaturated/α-hetero) is 2. The van der Waals surface area contributed by atoms with Gasteiger partial charge in [-0.2, -0.15) is 0 Å². The Morgan fingerprint density at radius 2 is 2.04 bits per heavy atom. The normalized spacial score (nSPS) is 30.9. The predicted molar refractivity (Wildman–Crippen MR) is 99.1 cm³/mol. The average Bonchev–Trinajstić information content (AvgIpc) is 2.70. The summed E-state index contributed by atoms with van der Waals surface area (Å²) in [7, 11) is 0. The zero-order valence-electron chi connectivity index (χ0n) is 15.1. The smallest absolute Gasteiger partial charge is 0.246 e. The lowest BCUT2D eigenvalue weighted by atomic mass is 9.82.